The molecule has 0 radical (unpaired) electrons. The average Bonchev–Trinajstić information content (AvgIpc) is 2.96. The lowest BCUT2D eigenvalue weighted by atomic mass is 9.97. The van der Waals surface area contributed by atoms with Gasteiger partial charge in [-0.05, 0) is 38.1 Å². The molecule has 4 rings (SSSR count). The molecule has 1 aliphatic rings. The lowest BCUT2D eigenvalue weighted by Crippen LogP contribution is -2.27. The molecule has 0 atom stereocenters. The summed E-state index contributed by atoms with van der Waals surface area (Å²) in [4.78, 5) is 5.02. The molecule has 1 aliphatic heterocycles. The zero-order valence-corrected chi connectivity index (χ0v) is 13.2. The van der Waals surface area contributed by atoms with Gasteiger partial charge in [-0.1, -0.05) is 36.4 Å². The molecule has 1 fully saturated rings. The molecule has 1 aromatic carbocycles. The molecule has 0 saturated carbocycles. The van der Waals surface area contributed by atoms with Gasteiger partial charge in [-0.2, -0.15) is 0 Å². The fraction of sp³-hybridized carbons (Fsp3) is 0.278. The Kier molecular flexibility index (Phi) is 4.46. The third-order valence-electron chi connectivity index (χ3n) is 4.33. The van der Waals surface area contributed by atoms with E-state index in [1.54, 1.807) is 0 Å². The topological polar surface area (TPSA) is 29.3 Å². The number of benzene rings is 1. The van der Waals surface area contributed by atoms with E-state index < -0.39 is 0 Å². The van der Waals surface area contributed by atoms with E-state index >= 15 is 0 Å². The van der Waals surface area contributed by atoms with Crippen LogP contribution in [-0.2, 0) is 0 Å². The van der Waals surface area contributed by atoms with E-state index in [4.69, 9.17) is 4.98 Å². The Hall–Kier alpha value is -1.84. The first-order valence-electron chi connectivity index (χ1n) is 7.66. The Bertz CT molecular complexity index is 745. The molecule has 0 aliphatic carbocycles. The summed E-state index contributed by atoms with van der Waals surface area (Å²) in [5.74, 6) is 1.77. The van der Waals surface area contributed by atoms with E-state index in [-0.39, 0.29) is 12.4 Å². The minimum absolute atomic E-state index is 0. The monoisotopic (exact) mass is 313 g/mol. The maximum atomic E-state index is 5.02. The Morgan fingerprint density at radius 3 is 2.45 bits per heavy atom. The van der Waals surface area contributed by atoms with Gasteiger partial charge in [0.1, 0.15) is 5.82 Å². The van der Waals surface area contributed by atoms with Crippen molar-refractivity contribution in [3.05, 3.63) is 60.6 Å². The summed E-state index contributed by atoms with van der Waals surface area (Å²) < 4.78 is 2.28. The first-order chi connectivity index (χ1) is 10.4. The first kappa shape index (κ1) is 15.1. The molecule has 1 saturated heterocycles. The second-order valence-electron chi connectivity index (χ2n) is 5.66. The van der Waals surface area contributed by atoms with Crippen molar-refractivity contribution < 1.29 is 0 Å². The van der Waals surface area contributed by atoms with Gasteiger partial charge in [-0.15, -0.1) is 12.4 Å². The highest BCUT2D eigenvalue weighted by molar-refractivity contribution is 5.85. The molecule has 3 heterocycles. The number of pyridine rings is 1. The van der Waals surface area contributed by atoms with E-state index in [0.717, 1.165) is 18.8 Å². The number of halogens is 1. The highest BCUT2D eigenvalue weighted by atomic mass is 35.5. The van der Waals surface area contributed by atoms with Crippen LogP contribution in [0.1, 0.15) is 24.6 Å². The summed E-state index contributed by atoms with van der Waals surface area (Å²) >= 11 is 0. The number of nitrogens with zero attached hydrogens (tertiary/aromatic N) is 2. The minimum atomic E-state index is 0. The summed E-state index contributed by atoms with van der Waals surface area (Å²) in [5, 5.41) is 3.43. The SMILES string of the molecule is Cl.c1ccc(-c2nc(C3CCNCC3)n3ccccc23)cc1. The van der Waals surface area contributed by atoms with Crippen LogP contribution in [0.3, 0.4) is 0 Å². The molecule has 3 nitrogen and oxygen atoms in total. The number of imidazole rings is 1. The fourth-order valence-electron chi connectivity index (χ4n) is 3.24. The third-order valence-corrected chi connectivity index (χ3v) is 4.33. The number of hydrogen-bond acceptors (Lipinski definition) is 2. The third kappa shape index (κ3) is 2.62. The molecule has 2 aromatic heterocycles. The predicted octanol–water partition coefficient (Wildman–Crippen LogP) is 3.89. The Morgan fingerprint density at radius 2 is 1.68 bits per heavy atom. The molecule has 4 heteroatoms. The van der Waals surface area contributed by atoms with Crippen LogP contribution >= 0.6 is 12.4 Å². The highest BCUT2D eigenvalue weighted by Gasteiger charge is 2.22. The van der Waals surface area contributed by atoms with Crippen LogP contribution in [0.4, 0.5) is 0 Å². The van der Waals surface area contributed by atoms with Crippen LogP contribution in [0.15, 0.2) is 54.7 Å². The average molecular weight is 314 g/mol. The molecule has 22 heavy (non-hydrogen) atoms. The van der Waals surface area contributed by atoms with Crippen LogP contribution in [-0.4, -0.2) is 22.5 Å². The van der Waals surface area contributed by atoms with Crippen molar-refractivity contribution in [2.75, 3.05) is 13.1 Å². The van der Waals surface area contributed by atoms with Crippen LogP contribution in [0.2, 0.25) is 0 Å². The largest absolute Gasteiger partial charge is 0.317 e. The van der Waals surface area contributed by atoms with Gasteiger partial charge >= 0.3 is 0 Å². The van der Waals surface area contributed by atoms with E-state index in [9.17, 15) is 0 Å². The van der Waals surface area contributed by atoms with Crippen LogP contribution in [0.5, 0.6) is 0 Å². The van der Waals surface area contributed by atoms with Gasteiger partial charge in [0.15, 0.2) is 0 Å². The van der Waals surface area contributed by atoms with Gasteiger partial charge < -0.3 is 9.72 Å². The van der Waals surface area contributed by atoms with Gasteiger partial charge in [0.2, 0.25) is 0 Å². The van der Waals surface area contributed by atoms with Crippen molar-refractivity contribution in [2.45, 2.75) is 18.8 Å². The Balaban J connectivity index is 0.00000144. The van der Waals surface area contributed by atoms with Gasteiger partial charge in [0, 0.05) is 17.7 Å². The molecular formula is C18H20ClN3. The van der Waals surface area contributed by atoms with Crippen molar-refractivity contribution in [1.29, 1.82) is 0 Å². The van der Waals surface area contributed by atoms with Crippen molar-refractivity contribution in [2.24, 2.45) is 0 Å². The lowest BCUT2D eigenvalue weighted by molar-refractivity contribution is 0.444. The molecule has 114 valence electrons. The zero-order chi connectivity index (χ0) is 14.1. The summed E-state index contributed by atoms with van der Waals surface area (Å²) in [6, 6.07) is 16.8. The van der Waals surface area contributed by atoms with Crippen LogP contribution in [0.25, 0.3) is 16.8 Å². The minimum Gasteiger partial charge on any atom is -0.317 e. The van der Waals surface area contributed by atoms with Crippen LogP contribution < -0.4 is 5.32 Å². The quantitative estimate of drug-likeness (QED) is 0.777. The summed E-state index contributed by atoms with van der Waals surface area (Å²) in [7, 11) is 0. The van der Waals surface area contributed by atoms with Gasteiger partial charge in [0.05, 0.1) is 11.2 Å². The molecular weight excluding hydrogens is 294 g/mol. The number of rotatable bonds is 2. The van der Waals surface area contributed by atoms with Crippen molar-refractivity contribution in [1.82, 2.24) is 14.7 Å². The lowest BCUT2D eigenvalue weighted by Gasteiger charge is -2.21. The van der Waals surface area contributed by atoms with E-state index in [1.807, 2.05) is 0 Å². The number of piperidine rings is 1. The van der Waals surface area contributed by atoms with Gasteiger partial charge in [-0.3, -0.25) is 0 Å². The second kappa shape index (κ2) is 6.51. The van der Waals surface area contributed by atoms with Crippen molar-refractivity contribution in [3.8, 4) is 11.3 Å². The van der Waals surface area contributed by atoms with Crippen molar-refractivity contribution >= 4 is 17.9 Å². The Labute approximate surface area is 136 Å². The van der Waals surface area contributed by atoms with Crippen molar-refractivity contribution in [3.63, 3.8) is 0 Å². The first-order valence-corrected chi connectivity index (χ1v) is 7.66. The standard InChI is InChI=1S/C18H19N3.ClH/c1-2-6-14(7-3-1)17-16-8-4-5-13-21(16)18(20-17)15-9-11-19-12-10-15;/h1-8,13,15,19H,9-12H2;1H. The summed E-state index contributed by atoms with van der Waals surface area (Å²) in [6.45, 7) is 2.18. The number of aromatic nitrogens is 2. The molecule has 3 aromatic rings. The maximum Gasteiger partial charge on any atom is 0.117 e. The second-order valence-corrected chi connectivity index (χ2v) is 5.66. The number of fused-ring (bicyclic) bond motifs is 1. The fourth-order valence-corrected chi connectivity index (χ4v) is 3.24. The van der Waals surface area contributed by atoms with Crippen LogP contribution in [0, 0.1) is 0 Å². The van der Waals surface area contributed by atoms with E-state index in [0.29, 0.717) is 5.92 Å². The van der Waals surface area contributed by atoms with E-state index in [2.05, 4.69) is 64.4 Å². The number of nitrogens with one attached hydrogen (secondary N) is 1. The molecule has 0 amide bonds. The molecule has 0 spiro atoms. The normalized spacial score (nSPS) is 15.6. The summed E-state index contributed by atoms with van der Waals surface area (Å²) in [5.41, 5.74) is 3.50. The Morgan fingerprint density at radius 1 is 0.955 bits per heavy atom. The maximum absolute atomic E-state index is 5.02. The van der Waals surface area contributed by atoms with Gasteiger partial charge in [-0.25, -0.2) is 4.98 Å². The highest BCUT2D eigenvalue weighted by Crippen LogP contribution is 2.31. The predicted molar refractivity (Wildman–Crippen MR) is 92.7 cm³/mol. The molecule has 1 N–H and O–H groups in total. The molecule has 0 bridgehead atoms. The smallest absolute Gasteiger partial charge is 0.117 e. The molecule has 0 unspecified atom stereocenters. The number of hydrogen-bond donors (Lipinski definition) is 1. The summed E-state index contributed by atoms with van der Waals surface area (Å²) in [6.07, 6.45) is 4.48. The van der Waals surface area contributed by atoms with E-state index in [1.165, 1.54) is 29.7 Å². The van der Waals surface area contributed by atoms with Gasteiger partial charge in [0.25, 0.3) is 0 Å². The zero-order valence-electron chi connectivity index (χ0n) is 12.4.